The fourth-order valence-corrected chi connectivity index (χ4v) is 9.77. The van der Waals surface area contributed by atoms with Crippen LogP contribution in [0.3, 0.4) is 0 Å². The lowest BCUT2D eigenvalue weighted by atomic mass is 9.95. The van der Waals surface area contributed by atoms with Gasteiger partial charge in [0.2, 0.25) is 12.4 Å². The van der Waals surface area contributed by atoms with E-state index in [-0.39, 0.29) is 56.4 Å². The number of hydrogen-bond acceptors (Lipinski definition) is 3. The molecule has 0 saturated carbocycles. The van der Waals surface area contributed by atoms with E-state index in [1.165, 1.54) is 61.4 Å². The van der Waals surface area contributed by atoms with Crippen molar-refractivity contribution >= 4 is 34.8 Å². The zero-order valence-corrected chi connectivity index (χ0v) is 61.7. The summed E-state index contributed by atoms with van der Waals surface area (Å²) in [7, 11) is 1.68. The molecule has 2 aromatic heterocycles. The van der Waals surface area contributed by atoms with Gasteiger partial charge in [0.25, 0.3) is 0 Å². The lowest BCUT2D eigenvalue weighted by Crippen LogP contribution is -2.28. The van der Waals surface area contributed by atoms with E-state index in [2.05, 4.69) is 70.8 Å². The third-order valence-corrected chi connectivity index (χ3v) is 15.5. The summed E-state index contributed by atoms with van der Waals surface area (Å²) in [5, 5.41) is 9.78. The topological polar surface area (TPSA) is 46.2 Å². The van der Waals surface area contributed by atoms with Gasteiger partial charge in [0.15, 0.2) is 0 Å². The van der Waals surface area contributed by atoms with E-state index in [1.54, 1.807) is 53.3 Å². The predicted molar refractivity (Wildman–Crippen MR) is 371 cm³/mol. The van der Waals surface area contributed by atoms with Gasteiger partial charge in [-0.05, 0) is 178 Å². The van der Waals surface area contributed by atoms with Gasteiger partial charge in [0, 0.05) is 43.3 Å². The lowest BCUT2D eigenvalue weighted by molar-refractivity contribution is -0.905. The number of halogens is 20. The average Bonchev–Trinajstić information content (AvgIpc) is 0.815. The molecule has 1 N–H and O–H groups in total. The molecule has 0 aliphatic rings. The van der Waals surface area contributed by atoms with Crippen LogP contribution >= 0.6 is 34.8 Å². The summed E-state index contributed by atoms with van der Waals surface area (Å²) in [6.07, 6.45) is -17.4. The van der Waals surface area contributed by atoms with Crippen LogP contribution in [-0.4, -0.2) is 17.3 Å². The van der Waals surface area contributed by atoms with E-state index in [0.29, 0.717) is 40.8 Å². The van der Waals surface area contributed by atoms with Crippen LogP contribution in [0, 0.1) is 18.6 Å². The Morgan fingerprint density at radius 3 is 1.08 bits per heavy atom. The van der Waals surface area contributed by atoms with Crippen LogP contribution in [0.2, 0.25) is 15.1 Å². The number of methoxy groups -OCH3 is 1. The van der Waals surface area contributed by atoms with Crippen LogP contribution in [0.4, 0.5) is 74.6 Å². The molecule has 0 fully saturated rings. The maximum absolute atomic E-state index is 12.6. The Hall–Kier alpha value is -7.10. The van der Waals surface area contributed by atoms with Crippen molar-refractivity contribution in [3.05, 3.63) is 263 Å². The Morgan fingerprint density at radius 2 is 0.733 bits per heavy atom. The second-order valence-electron chi connectivity index (χ2n) is 25.4. The lowest BCUT2D eigenvalue weighted by Gasteiger charge is -2.17. The second kappa shape index (κ2) is 41.3. The van der Waals surface area contributed by atoms with Crippen molar-refractivity contribution in [1.82, 2.24) is 4.98 Å². The Labute approximate surface area is 597 Å². The van der Waals surface area contributed by atoms with Gasteiger partial charge in [0.1, 0.15) is 17.4 Å². The first kappa shape index (κ1) is 91.9. The Kier molecular flexibility index (Phi) is 37.5. The minimum absolute atomic E-state index is 0.113. The number of pyridine rings is 2. The summed E-state index contributed by atoms with van der Waals surface area (Å²) in [4.78, 5) is 4.20. The largest absolute Gasteiger partial charge is 0.497 e. The number of nitrogens with zero attached hydrogens (tertiary/aromatic N) is 2. The minimum atomic E-state index is -4.78. The summed E-state index contributed by atoms with van der Waals surface area (Å²) >= 11 is 17.0. The van der Waals surface area contributed by atoms with Gasteiger partial charge < -0.3 is 4.74 Å². The molecule has 24 heteroatoms. The zero-order chi connectivity index (χ0) is 78.0. The van der Waals surface area contributed by atoms with Gasteiger partial charge >= 0.3 is 30.9 Å². The average molecular weight is 1500 g/mol. The van der Waals surface area contributed by atoms with Crippen LogP contribution in [-0.2, 0) is 30.9 Å². The first-order valence-electron chi connectivity index (χ1n) is 31.8. The molecule has 101 heavy (non-hydrogen) atoms. The van der Waals surface area contributed by atoms with Crippen molar-refractivity contribution in [3.8, 4) is 5.75 Å². The highest BCUT2D eigenvalue weighted by Crippen LogP contribution is 2.41. The first-order chi connectivity index (χ1) is 46.2. The zero-order valence-electron chi connectivity index (χ0n) is 59.4. The monoisotopic (exact) mass is 1500 g/mol. The van der Waals surface area contributed by atoms with Crippen molar-refractivity contribution in [3.63, 3.8) is 0 Å². The molecule has 0 bridgehead atoms. The third-order valence-electron chi connectivity index (χ3n) is 14.6. The van der Waals surface area contributed by atoms with E-state index >= 15 is 0 Å². The van der Waals surface area contributed by atoms with E-state index in [0.717, 1.165) is 63.2 Å². The van der Waals surface area contributed by atoms with Crippen LogP contribution in [0.15, 0.2) is 158 Å². The smallest absolute Gasteiger partial charge is 0.416 e. The van der Waals surface area contributed by atoms with Gasteiger partial charge in [-0.3, -0.25) is 10.2 Å². The highest BCUT2D eigenvalue weighted by Gasteiger charge is 2.39. The molecule has 4 nitrogen and oxygen atoms in total. The number of alkyl halides is 15. The highest BCUT2D eigenvalue weighted by molar-refractivity contribution is 6.32. The van der Waals surface area contributed by atoms with Crippen LogP contribution < -0.4 is 9.47 Å². The number of aromatic nitrogens is 2. The molecule has 0 aliphatic carbocycles. The molecule has 8 rings (SSSR count). The molecule has 0 spiro atoms. The van der Waals surface area contributed by atoms with Gasteiger partial charge in [0.05, 0.1) is 34.9 Å². The summed E-state index contributed by atoms with van der Waals surface area (Å²) in [5.41, 5.74) is 2.17. The third kappa shape index (κ3) is 33.3. The van der Waals surface area contributed by atoms with E-state index in [4.69, 9.17) is 44.7 Å². The molecule has 0 amide bonds. The molecule has 8 aromatic rings. The number of benzene rings is 6. The Bertz CT molecular complexity index is 3680. The molecule has 0 atom stereocenters. The first-order valence-corrected chi connectivity index (χ1v) is 33.0. The van der Waals surface area contributed by atoms with Crippen molar-refractivity contribution in [1.29, 1.82) is 0 Å². The highest BCUT2D eigenvalue weighted by atomic mass is 35.5. The van der Waals surface area contributed by atoms with Crippen LogP contribution in [0.5, 0.6) is 5.75 Å². The van der Waals surface area contributed by atoms with E-state index < -0.39 is 70.4 Å². The normalized spacial score (nSPS) is 11.6. The van der Waals surface area contributed by atoms with E-state index in [1.807, 2.05) is 65.1 Å². The van der Waals surface area contributed by atoms with Gasteiger partial charge in [-0.1, -0.05) is 194 Å². The van der Waals surface area contributed by atoms with Gasteiger partial charge in [-0.2, -0.15) is 65.9 Å². The van der Waals surface area contributed by atoms with Gasteiger partial charge in [-0.15, -0.1) is 0 Å². The van der Waals surface area contributed by atoms with Crippen LogP contribution in [0.25, 0.3) is 0 Å². The van der Waals surface area contributed by atoms with Crippen molar-refractivity contribution < 1.29 is 89.3 Å². The summed E-state index contributed by atoms with van der Waals surface area (Å²) in [6.45, 7) is 32.4. The molecule has 0 saturated heterocycles. The summed E-state index contributed by atoms with van der Waals surface area (Å²) in [5.74, 6) is 1.00. The fraction of sp³-hybridized carbons (Fsp3) is 0.403. The predicted octanol–water partition coefficient (Wildman–Crippen LogP) is 28.0. The molecule has 6 aromatic carbocycles. The number of ether oxygens (including phenoxy) is 1. The molecular formula is C77H89Cl3F17N2O2+. The molecule has 2 heterocycles. The maximum atomic E-state index is 12.6. The standard InChI is InChI=1S/C11H10F6.2C10H10ClF3.C10H10F4.C10H14O.C9H10ClF.C9H13N.C8H12NO/c1-6(2)8-4-3-7(10(12,13)14)5-9(8)11(15,16)17;1-6(2)8-4-3-7(11)5-9(8)10(12,13)14;1-6(2)8-4-3-7(5-9(8)11)10(12,13)14;1-6(2)8-4-3-7(11)5-9(8)10(12,13)14;1-8(2)9-4-6-10(11-3)7-5-9;1-6(2)8-4-3-7(11)5-9(8)10;1-7(2)9-5-4-8(3)10-6-9;1-7(2)8-4-3-5-9(10)6-8/h3-6H,1-2H3;3*3-6H,1-2H3;4-8H,1-3H3;3-6H,1-2H3;4-7H,1-3H3;3-7,10H,1-2H3/q;;;;;;;+1. The maximum Gasteiger partial charge on any atom is 0.416 e. The molecule has 0 radical (unpaired) electrons. The fourth-order valence-electron chi connectivity index (χ4n) is 8.81. The molecule has 0 unspecified atom stereocenters. The SMILES string of the molecule is CC(C)c1ccc(C(F)(F)F)cc1C(F)(F)F.CC(C)c1ccc(C(F)(F)F)cc1Cl.CC(C)c1ccc(Cl)cc1C(F)(F)F.CC(C)c1ccc(F)cc1C(F)(F)F.CC(C)c1ccc(F)cc1Cl.CC(C)c1ccc[n+](O)c1.COc1ccc(C(C)C)cc1.Cc1ccc(C(C)C)cn1. The summed E-state index contributed by atoms with van der Waals surface area (Å²) in [6, 6.07) is 32.5. The Balaban J connectivity index is 0.000000580. The van der Waals surface area contributed by atoms with Gasteiger partial charge in [-0.25, -0.2) is 8.78 Å². The summed E-state index contributed by atoms with van der Waals surface area (Å²) < 4.78 is 218. The van der Waals surface area contributed by atoms with Crippen molar-refractivity contribution in [2.24, 2.45) is 0 Å². The number of rotatable bonds is 9. The minimum Gasteiger partial charge on any atom is -0.497 e. The van der Waals surface area contributed by atoms with Crippen LogP contribution in [0.1, 0.15) is 236 Å². The quantitative estimate of drug-likeness (QED) is 0.0890. The second-order valence-corrected chi connectivity index (χ2v) is 26.7. The van der Waals surface area contributed by atoms with E-state index in [9.17, 15) is 74.6 Å². The van der Waals surface area contributed by atoms with Crippen molar-refractivity contribution in [2.75, 3.05) is 7.11 Å². The molecule has 0 aliphatic heterocycles. The Morgan fingerprint density at radius 1 is 0.376 bits per heavy atom. The number of hydrogen-bond donors (Lipinski definition) is 1. The molecule has 558 valence electrons. The molecular weight excluding hydrogens is 1410 g/mol. The van der Waals surface area contributed by atoms with Crippen molar-refractivity contribution in [2.45, 2.75) is 196 Å². The number of aryl methyl sites for hydroxylation is 1.